The van der Waals surface area contributed by atoms with E-state index in [9.17, 15) is 4.39 Å². The van der Waals surface area contributed by atoms with Gasteiger partial charge in [-0.25, -0.2) is 9.37 Å². The van der Waals surface area contributed by atoms with Crippen LogP contribution in [-0.2, 0) is 9.47 Å². The van der Waals surface area contributed by atoms with E-state index < -0.39 is 0 Å². The third-order valence-corrected chi connectivity index (χ3v) is 4.50. The molecule has 1 aliphatic heterocycles. The average molecular weight is 356 g/mol. The molecule has 5 nitrogen and oxygen atoms in total. The van der Waals surface area contributed by atoms with Crippen LogP contribution < -0.4 is 4.74 Å². The Labute approximate surface area is 151 Å². The molecular formula is C20H21FN2O3. The van der Waals surface area contributed by atoms with Gasteiger partial charge in [-0.3, -0.25) is 4.57 Å². The van der Waals surface area contributed by atoms with Gasteiger partial charge in [-0.1, -0.05) is 0 Å². The molecule has 1 aromatic heterocycles. The Morgan fingerprint density at radius 2 is 1.88 bits per heavy atom. The summed E-state index contributed by atoms with van der Waals surface area (Å²) in [4.78, 5) is 4.30. The quantitative estimate of drug-likeness (QED) is 0.631. The van der Waals surface area contributed by atoms with E-state index in [4.69, 9.17) is 14.2 Å². The van der Waals surface area contributed by atoms with Gasteiger partial charge in [0, 0.05) is 25.0 Å². The molecule has 0 aliphatic carbocycles. The molecule has 1 saturated heterocycles. The second kappa shape index (κ2) is 7.85. The Hall–Kier alpha value is -2.44. The van der Waals surface area contributed by atoms with E-state index in [1.807, 2.05) is 28.8 Å². The van der Waals surface area contributed by atoms with Gasteiger partial charge in [0.15, 0.2) is 0 Å². The Balaban J connectivity index is 1.35. The Bertz CT molecular complexity index is 857. The number of benzene rings is 2. The number of fused-ring (bicyclic) bond motifs is 1. The first-order chi connectivity index (χ1) is 12.8. The van der Waals surface area contributed by atoms with Crippen molar-refractivity contribution >= 4 is 11.0 Å². The number of aromatic nitrogens is 2. The number of ether oxygens (including phenoxy) is 3. The van der Waals surface area contributed by atoms with Crippen molar-refractivity contribution in [3.05, 3.63) is 54.6 Å². The molecule has 26 heavy (non-hydrogen) atoms. The maximum Gasteiger partial charge on any atom is 0.125 e. The summed E-state index contributed by atoms with van der Waals surface area (Å²) in [5.74, 6) is 0.503. The van der Waals surface area contributed by atoms with Gasteiger partial charge < -0.3 is 14.2 Å². The highest BCUT2D eigenvalue weighted by atomic mass is 19.1. The predicted octanol–water partition coefficient (Wildman–Crippen LogP) is 3.74. The second-order valence-corrected chi connectivity index (χ2v) is 6.27. The number of halogens is 1. The fourth-order valence-electron chi connectivity index (χ4n) is 3.11. The Morgan fingerprint density at radius 3 is 2.69 bits per heavy atom. The minimum Gasteiger partial charge on any atom is -0.491 e. The second-order valence-electron chi connectivity index (χ2n) is 6.27. The molecule has 0 bridgehead atoms. The summed E-state index contributed by atoms with van der Waals surface area (Å²) in [5, 5.41) is 0. The van der Waals surface area contributed by atoms with Gasteiger partial charge in [-0.2, -0.15) is 0 Å². The van der Waals surface area contributed by atoms with Crippen molar-refractivity contribution in [3.8, 4) is 11.4 Å². The van der Waals surface area contributed by atoms with Crippen molar-refractivity contribution < 1.29 is 18.6 Å². The third-order valence-electron chi connectivity index (χ3n) is 4.50. The van der Waals surface area contributed by atoms with Crippen molar-refractivity contribution in [2.45, 2.75) is 18.9 Å². The van der Waals surface area contributed by atoms with E-state index in [-0.39, 0.29) is 11.9 Å². The fourth-order valence-corrected chi connectivity index (χ4v) is 3.11. The topological polar surface area (TPSA) is 45.5 Å². The molecule has 0 saturated carbocycles. The van der Waals surface area contributed by atoms with Crippen LogP contribution in [0.25, 0.3) is 16.7 Å². The summed E-state index contributed by atoms with van der Waals surface area (Å²) < 4.78 is 32.2. The summed E-state index contributed by atoms with van der Waals surface area (Å²) in [5.41, 5.74) is 2.41. The molecule has 1 aliphatic rings. The van der Waals surface area contributed by atoms with E-state index in [0.29, 0.717) is 13.2 Å². The molecule has 3 aromatic rings. The summed E-state index contributed by atoms with van der Waals surface area (Å²) in [6, 6.07) is 12.2. The van der Waals surface area contributed by atoms with Crippen LogP contribution in [-0.4, -0.2) is 42.1 Å². The smallest absolute Gasteiger partial charge is 0.125 e. The van der Waals surface area contributed by atoms with Crippen LogP contribution in [0.1, 0.15) is 12.8 Å². The van der Waals surface area contributed by atoms with Gasteiger partial charge in [0.1, 0.15) is 24.5 Å². The van der Waals surface area contributed by atoms with Crippen LogP contribution in [0.15, 0.2) is 48.8 Å². The number of hydrogen-bond acceptors (Lipinski definition) is 4. The molecule has 4 rings (SSSR count). The molecule has 2 heterocycles. The lowest BCUT2D eigenvalue weighted by Gasteiger charge is -2.22. The van der Waals surface area contributed by atoms with Gasteiger partial charge in [0.2, 0.25) is 0 Å². The average Bonchev–Trinajstić information content (AvgIpc) is 3.09. The number of imidazole rings is 1. The molecule has 0 spiro atoms. The first kappa shape index (κ1) is 17.0. The van der Waals surface area contributed by atoms with Crippen LogP contribution in [0.2, 0.25) is 0 Å². The van der Waals surface area contributed by atoms with Crippen LogP contribution in [0.5, 0.6) is 5.75 Å². The lowest BCUT2D eigenvalue weighted by Crippen LogP contribution is -2.25. The molecular weight excluding hydrogens is 335 g/mol. The zero-order valence-corrected chi connectivity index (χ0v) is 14.4. The predicted molar refractivity (Wildman–Crippen MR) is 96.3 cm³/mol. The monoisotopic (exact) mass is 356 g/mol. The standard InChI is InChI=1S/C20H21FN2O3/c21-15-1-6-19-20(13-15)23(14-22-19)16-2-4-17(5-3-16)25-11-12-26-18-7-9-24-10-8-18/h1-6,13-14,18H,7-12H2. The van der Waals surface area contributed by atoms with E-state index in [1.54, 1.807) is 12.4 Å². The Kier molecular flexibility index (Phi) is 5.13. The number of rotatable bonds is 6. The maximum atomic E-state index is 13.5. The van der Waals surface area contributed by atoms with E-state index in [2.05, 4.69) is 4.98 Å². The zero-order valence-electron chi connectivity index (χ0n) is 14.4. The lowest BCUT2D eigenvalue weighted by atomic mass is 10.2. The zero-order chi connectivity index (χ0) is 17.8. The molecule has 0 unspecified atom stereocenters. The molecule has 2 aromatic carbocycles. The lowest BCUT2D eigenvalue weighted by molar-refractivity contribution is -0.0388. The third kappa shape index (κ3) is 3.86. The van der Waals surface area contributed by atoms with E-state index in [1.165, 1.54) is 12.1 Å². The van der Waals surface area contributed by atoms with Gasteiger partial charge in [-0.15, -0.1) is 0 Å². The molecule has 0 atom stereocenters. The molecule has 1 fully saturated rings. The first-order valence-corrected chi connectivity index (χ1v) is 8.85. The van der Waals surface area contributed by atoms with Crippen LogP contribution in [0.4, 0.5) is 4.39 Å². The molecule has 6 heteroatoms. The number of nitrogens with zero attached hydrogens (tertiary/aromatic N) is 2. The van der Waals surface area contributed by atoms with Gasteiger partial charge in [0.25, 0.3) is 0 Å². The summed E-state index contributed by atoms with van der Waals surface area (Å²) in [6.45, 7) is 2.63. The van der Waals surface area contributed by atoms with Crippen molar-refractivity contribution in [3.63, 3.8) is 0 Å². The summed E-state index contributed by atoms with van der Waals surface area (Å²) in [7, 11) is 0. The fraction of sp³-hybridized carbons (Fsp3) is 0.350. The van der Waals surface area contributed by atoms with Crippen LogP contribution >= 0.6 is 0 Å². The minimum absolute atomic E-state index is 0.274. The number of hydrogen-bond donors (Lipinski definition) is 0. The summed E-state index contributed by atoms with van der Waals surface area (Å²) >= 11 is 0. The largest absolute Gasteiger partial charge is 0.491 e. The van der Waals surface area contributed by atoms with E-state index >= 15 is 0 Å². The highest BCUT2D eigenvalue weighted by molar-refractivity contribution is 5.77. The summed E-state index contributed by atoms with van der Waals surface area (Å²) in [6.07, 6.45) is 3.88. The van der Waals surface area contributed by atoms with Crippen molar-refractivity contribution in [2.24, 2.45) is 0 Å². The minimum atomic E-state index is -0.274. The molecule has 0 radical (unpaired) electrons. The SMILES string of the molecule is Fc1ccc2ncn(-c3ccc(OCCOC4CCOCC4)cc3)c2c1. The highest BCUT2D eigenvalue weighted by Crippen LogP contribution is 2.21. The first-order valence-electron chi connectivity index (χ1n) is 8.85. The maximum absolute atomic E-state index is 13.5. The van der Waals surface area contributed by atoms with Gasteiger partial charge in [0.05, 0.1) is 23.7 Å². The van der Waals surface area contributed by atoms with Crippen molar-refractivity contribution in [1.82, 2.24) is 9.55 Å². The molecule has 0 amide bonds. The van der Waals surface area contributed by atoms with E-state index in [0.717, 1.165) is 48.5 Å². The van der Waals surface area contributed by atoms with Gasteiger partial charge in [-0.05, 0) is 49.2 Å². The van der Waals surface area contributed by atoms with Crippen molar-refractivity contribution in [1.29, 1.82) is 0 Å². The molecule has 136 valence electrons. The van der Waals surface area contributed by atoms with Crippen LogP contribution in [0, 0.1) is 5.82 Å². The Morgan fingerprint density at radius 1 is 1.08 bits per heavy atom. The highest BCUT2D eigenvalue weighted by Gasteiger charge is 2.13. The van der Waals surface area contributed by atoms with Gasteiger partial charge >= 0.3 is 0 Å². The van der Waals surface area contributed by atoms with Crippen LogP contribution in [0.3, 0.4) is 0 Å². The molecule has 0 N–H and O–H groups in total. The van der Waals surface area contributed by atoms with Crippen molar-refractivity contribution in [2.75, 3.05) is 26.4 Å². The normalized spacial score (nSPS) is 15.4.